The molecule has 206 valence electrons. The summed E-state index contributed by atoms with van der Waals surface area (Å²) >= 11 is 1.91. The predicted octanol–water partition coefficient (Wildman–Crippen LogP) is 5.66. The van der Waals surface area contributed by atoms with Crippen LogP contribution in [0.1, 0.15) is 0 Å². The lowest BCUT2D eigenvalue weighted by molar-refractivity contribution is 0.456. The maximum Gasteiger partial charge on any atom is 0.268 e. The van der Waals surface area contributed by atoms with Gasteiger partial charge >= 0.3 is 0 Å². The van der Waals surface area contributed by atoms with Gasteiger partial charge in [-0.25, -0.2) is 0 Å². The van der Waals surface area contributed by atoms with E-state index < -0.39 is 0 Å². The third kappa shape index (κ3) is 2.69. The van der Waals surface area contributed by atoms with Crippen molar-refractivity contribution in [2.24, 2.45) is 0 Å². The molecule has 0 fully saturated rings. The summed E-state index contributed by atoms with van der Waals surface area (Å²) in [7, 11) is 0. The average molecular weight is 591 g/mol. The molecule has 0 saturated carbocycles. The van der Waals surface area contributed by atoms with E-state index >= 15 is 0 Å². The van der Waals surface area contributed by atoms with Crippen LogP contribution in [0.25, 0.3) is 37.6 Å². The molecule has 7 heteroatoms. The molecule has 4 nitrogen and oxygen atoms in total. The lowest BCUT2D eigenvalue weighted by Gasteiger charge is -2.35. The molecule has 8 aromatic rings. The van der Waals surface area contributed by atoms with E-state index in [9.17, 15) is 0 Å². The van der Waals surface area contributed by atoms with E-state index in [-0.39, 0.29) is 13.4 Å². The van der Waals surface area contributed by atoms with Crippen LogP contribution in [-0.4, -0.2) is 18.0 Å². The SMILES string of the molecule is c1ccc2c(c1)Oc1cccc3c1B2c1cc2c(cc1O3)Oc1ccc3c4ccccc4n4c3c1B2c1sc2ccccc2c1-4. The molecule has 0 spiro atoms. The summed E-state index contributed by atoms with van der Waals surface area (Å²) in [4.78, 5) is 0. The Morgan fingerprint density at radius 2 is 1.18 bits per heavy atom. The third-order valence-electron chi connectivity index (χ3n) is 10.2. The molecule has 0 bridgehead atoms. The van der Waals surface area contributed by atoms with Gasteiger partial charge in [-0.15, -0.1) is 11.3 Å². The molecule has 0 aliphatic carbocycles. The van der Waals surface area contributed by atoms with Gasteiger partial charge in [-0.2, -0.15) is 0 Å². The summed E-state index contributed by atoms with van der Waals surface area (Å²) in [5.74, 6) is 5.21. The number of hydrogen-bond acceptors (Lipinski definition) is 4. The van der Waals surface area contributed by atoms with Gasteiger partial charge < -0.3 is 18.8 Å². The zero-order chi connectivity index (χ0) is 29.0. The Morgan fingerprint density at radius 1 is 0.489 bits per heavy atom. The van der Waals surface area contributed by atoms with E-state index in [1.807, 2.05) is 35.6 Å². The van der Waals surface area contributed by atoms with Crippen molar-refractivity contribution in [3.05, 3.63) is 115 Å². The standard InChI is InChI=1S/C38H19B2NO3S/c1-4-11-26-20(8-1)21-16-17-30-35-36(21)41(26)37-22-9-2-6-15-33(22)45-38(37)40(35)25-18-24-31(19-32(25)44-30)43-29-14-7-13-28-34(29)39(24)23-10-3-5-12-27(23)42-28/h1-19H. The minimum Gasteiger partial charge on any atom is -0.458 e. The second-order valence-electron chi connectivity index (χ2n) is 12.3. The quantitative estimate of drug-likeness (QED) is 0.214. The van der Waals surface area contributed by atoms with Crippen molar-refractivity contribution in [3.63, 3.8) is 0 Å². The molecule has 0 unspecified atom stereocenters. The summed E-state index contributed by atoms with van der Waals surface area (Å²) in [5, 5.41) is 3.83. The predicted molar refractivity (Wildman–Crippen MR) is 185 cm³/mol. The summed E-state index contributed by atoms with van der Waals surface area (Å²) in [5.41, 5.74) is 9.61. The Morgan fingerprint density at radius 3 is 2.07 bits per heavy atom. The first kappa shape index (κ1) is 23.1. The van der Waals surface area contributed by atoms with Crippen LogP contribution < -0.4 is 46.3 Å². The Balaban J connectivity index is 1.20. The first-order valence-electron chi connectivity index (χ1n) is 15.3. The number of rotatable bonds is 0. The lowest BCUT2D eigenvalue weighted by atomic mass is 9.32. The summed E-state index contributed by atoms with van der Waals surface area (Å²) in [6.07, 6.45) is 0. The molecule has 6 heterocycles. The van der Waals surface area contributed by atoms with Crippen LogP contribution in [0.15, 0.2) is 115 Å². The zero-order valence-corrected chi connectivity index (χ0v) is 24.5. The van der Waals surface area contributed by atoms with Gasteiger partial charge in [0.05, 0.1) is 16.7 Å². The van der Waals surface area contributed by atoms with Crippen LogP contribution in [0.5, 0.6) is 34.5 Å². The van der Waals surface area contributed by atoms with E-state index in [0.29, 0.717) is 0 Å². The smallest absolute Gasteiger partial charge is 0.268 e. The highest BCUT2D eigenvalue weighted by molar-refractivity contribution is 7.33. The van der Waals surface area contributed by atoms with Crippen LogP contribution in [0.3, 0.4) is 0 Å². The van der Waals surface area contributed by atoms with Crippen molar-refractivity contribution in [1.82, 2.24) is 4.57 Å². The number of benzene rings is 6. The number of aromatic nitrogens is 1. The number of thiophene rings is 1. The second-order valence-corrected chi connectivity index (χ2v) is 13.4. The Labute approximate surface area is 262 Å². The Kier molecular flexibility index (Phi) is 4.00. The van der Waals surface area contributed by atoms with Gasteiger partial charge in [0.15, 0.2) is 0 Å². The maximum absolute atomic E-state index is 6.85. The molecule has 0 N–H and O–H groups in total. The van der Waals surface area contributed by atoms with Crippen LogP contribution >= 0.6 is 11.3 Å². The molecule has 4 aliphatic rings. The summed E-state index contributed by atoms with van der Waals surface area (Å²) in [6.45, 7) is 0.0398. The van der Waals surface area contributed by atoms with Gasteiger partial charge in [0.25, 0.3) is 13.4 Å². The molecular weight excluding hydrogens is 572 g/mol. The summed E-state index contributed by atoms with van der Waals surface area (Å²) in [6, 6.07) is 41.0. The van der Waals surface area contributed by atoms with Crippen molar-refractivity contribution in [1.29, 1.82) is 0 Å². The molecule has 0 atom stereocenters. The molecule has 6 aromatic carbocycles. The van der Waals surface area contributed by atoms with E-state index in [1.165, 1.54) is 53.3 Å². The summed E-state index contributed by atoms with van der Waals surface area (Å²) < 4.78 is 25.0. The number of fused-ring (bicyclic) bond motifs is 14. The molecular formula is C38H19B2NO3S. The highest BCUT2D eigenvalue weighted by atomic mass is 32.1. The lowest BCUT2D eigenvalue weighted by Crippen LogP contribution is -2.61. The Bertz CT molecular complexity index is 2670. The van der Waals surface area contributed by atoms with Gasteiger partial charge in [0, 0.05) is 37.2 Å². The fourth-order valence-electron chi connectivity index (χ4n) is 8.43. The van der Waals surface area contributed by atoms with E-state index in [0.717, 1.165) is 50.9 Å². The van der Waals surface area contributed by atoms with E-state index in [1.54, 1.807) is 0 Å². The molecule has 12 rings (SSSR count). The Hall–Kier alpha value is -5.39. The molecule has 45 heavy (non-hydrogen) atoms. The largest absolute Gasteiger partial charge is 0.458 e. The van der Waals surface area contributed by atoms with E-state index in [2.05, 4.69) is 95.6 Å². The van der Waals surface area contributed by atoms with Crippen molar-refractivity contribution < 1.29 is 14.2 Å². The second kappa shape index (κ2) is 7.81. The molecule has 0 radical (unpaired) electrons. The minimum absolute atomic E-state index is 0.00399. The minimum atomic E-state index is 0.00399. The zero-order valence-electron chi connectivity index (χ0n) is 23.7. The average Bonchev–Trinajstić information content (AvgIpc) is 3.63. The van der Waals surface area contributed by atoms with Crippen molar-refractivity contribution in [2.75, 3.05) is 0 Å². The normalized spacial score (nSPS) is 14.2. The first-order chi connectivity index (χ1) is 22.3. The molecule has 0 saturated heterocycles. The topological polar surface area (TPSA) is 32.6 Å². The maximum atomic E-state index is 6.85. The van der Waals surface area contributed by atoms with E-state index in [4.69, 9.17) is 14.2 Å². The van der Waals surface area contributed by atoms with Gasteiger partial charge in [-0.1, -0.05) is 66.7 Å². The van der Waals surface area contributed by atoms with Gasteiger partial charge in [0.2, 0.25) is 0 Å². The number of hydrogen-bond donors (Lipinski definition) is 0. The van der Waals surface area contributed by atoms with Crippen LogP contribution in [0.2, 0.25) is 0 Å². The first-order valence-corrected chi connectivity index (χ1v) is 16.1. The third-order valence-corrected chi connectivity index (χ3v) is 11.4. The highest BCUT2D eigenvalue weighted by Gasteiger charge is 2.46. The molecule has 2 aromatic heterocycles. The van der Waals surface area contributed by atoms with Crippen LogP contribution in [0.4, 0.5) is 0 Å². The van der Waals surface area contributed by atoms with Crippen molar-refractivity contribution in [3.8, 4) is 40.2 Å². The monoisotopic (exact) mass is 591 g/mol. The number of nitrogens with zero attached hydrogens (tertiary/aromatic N) is 1. The highest BCUT2D eigenvalue weighted by Crippen LogP contribution is 2.43. The fraction of sp³-hybridized carbons (Fsp3) is 0. The molecule has 0 amide bonds. The van der Waals surface area contributed by atoms with Crippen LogP contribution in [0, 0.1) is 0 Å². The van der Waals surface area contributed by atoms with Gasteiger partial charge in [-0.3, -0.25) is 0 Å². The van der Waals surface area contributed by atoms with Gasteiger partial charge in [0.1, 0.15) is 34.5 Å². The van der Waals surface area contributed by atoms with Crippen molar-refractivity contribution >= 4 is 88.7 Å². The van der Waals surface area contributed by atoms with Crippen molar-refractivity contribution in [2.45, 2.75) is 0 Å². The fourth-order valence-corrected chi connectivity index (χ4v) is 9.74. The van der Waals surface area contributed by atoms with Crippen LogP contribution in [-0.2, 0) is 0 Å². The molecule has 4 aliphatic heterocycles. The number of para-hydroxylation sites is 2. The van der Waals surface area contributed by atoms with Gasteiger partial charge in [-0.05, 0) is 64.3 Å². The number of ether oxygens (including phenoxy) is 3.